The molecule has 1 aromatic rings. The standard InChI is InChI=1S/C13H17ClN2O2/c1-18-12-8-9(14)2-3-11(12)13(17)16-6-4-10(15)5-7-16/h2-3,8,10H,4-7,15H2,1H3. The summed E-state index contributed by atoms with van der Waals surface area (Å²) in [5, 5.41) is 0.559. The third kappa shape index (κ3) is 2.76. The molecule has 1 fully saturated rings. The molecule has 18 heavy (non-hydrogen) atoms. The Hall–Kier alpha value is -1.26. The Bertz CT molecular complexity index is 443. The van der Waals surface area contributed by atoms with E-state index < -0.39 is 0 Å². The molecule has 1 aliphatic heterocycles. The lowest BCUT2D eigenvalue weighted by molar-refractivity contribution is 0.0711. The molecule has 0 bridgehead atoms. The second kappa shape index (κ2) is 5.59. The molecule has 1 heterocycles. The van der Waals surface area contributed by atoms with Gasteiger partial charge in [-0.25, -0.2) is 0 Å². The zero-order chi connectivity index (χ0) is 13.1. The lowest BCUT2D eigenvalue weighted by atomic mass is 10.0. The smallest absolute Gasteiger partial charge is 0.257 e. The van der Waals surface area contributed by atoms with Crippen molar-refractivity contribution in [3.63, 3.8) is 0 Å². The second-order valence-corrected chi connectivity index (χ2v) is 4.91. The SMILES string of the molecule is COc1cc(Cl)ccc1C(=O)N1CCC(N)CC1. The molecule has 1 amide bonds. The molecule has 5 heteroatoms. The van der Waals surface area contributed by atoms with Gasteiger partial charge in [0.15, 0.2) is 0 Å². The molecule has 0 radical (unpaired) electrons. The van der Waals surface area contributed by atoms with E-state index in [2.05, 4.69) is 0 Å². The molecule has 2 N–H and O–H groups in total. The number of likely N-dealkylation sites (tertiary alicyclic amines) is 1. The Morgan fingerprint density at radius 2 is 2.11 bits per heavy atom. The van der Waals surface area contributed by atoms with Gasteiger partial charge in [-0.1, -0.05) is 11.6 Å². The predicted octanol–water partition coefficient (Wildman–Crippen LogP) is 1.91. The maximum Gasteiger partial charge on any atom is 0.257 e. The van der Waals surface area contributed by atoms with Crippen LogP contribution in [0.25, 0.3) is 0 Å². The number of rotatable bonds is 2. The van der Waals surface area contributed by atoms with Crippen molar-refractivity contribution in [1.29, 1.82) is 0 Å². The molecule has 1 aromatic carbocycles. The largest absolute Gasteiger partial charge is 0.496 e. The van der Waals surface area contributed by atoms with Crippen LogP contribution >= 0.6 is 11.6 Å². The highest BCUT2D eigenvalue weighted by atomic mass is 35.5. The first-order valence-corrected chi connectivity index (χ1v) is 6.38. The minimum atomic E-state index is -0.0181. The van der Waals surface area contributed by atoms with Crippen LogP contribution in [0.5, 0.6) is 5.75 Å². The maximum atomic E-state index is 12.4. The van der Waals surface area contributed by atoms with Gasteiger partial charge in [-0.15, -0.1) is 0 Å². The topological polar surface area (TPSA) is 55.6 Å². The van der Waals surface area contributed by atoms with Crippen LogP contribution in [-0.4, -0.2) is 37.0 Å². The van der Waals surface area contributed by atoms with Crippen LogP contribution in [0, 0.1) is 0 Å². The lowest BCUT2D eigenvalue weighted by Gasteiger charge is -2.30. The highest BCUT2D eigenvalue weighted by molar-refractivity contribution is 6.30. The van der Waals surface area contributed by atoms with Crippen LogP contribution in [-0.2, 0) is 0 Å². The highest BCUT2D eigenvalue weighted by Crippen LogP contribution is 2.25. The van der Waals surface area contributed by atoms with Crippen molar-refractivity contribution in [3.05, 3.63) is 28.8 Å². The molecule has 0 saturated carbocycles. The van der Waals surface area contributed by atoms with E-state index in [0.29, 0.717) is 29.4 Å². The summed E-state index contributed by atoms with van der Waals surface area (Å²) in [6.45, 7) is 1.40. The van der Waals surface area contributed by atoms with E-state index in [0.717, 1.165) is 12.8 Å². The third-order valence-corrected chi connectivity index (χ3v) is 3.46. The summed E-state index contributed by atoms with van der Waals surface area (Å²) in [7, 11) is 1.54. The normalized spacial score (nSPS) is 16.7. The van der Waals surface area contributed by atoms with E-state index in [1.165, 1.54) is 7.11 Å². The third-order valence-electron chi connectivity index (χ3n) is 3.22. The van der Waals surface area contributed by atoms with E-state index >= 15 is 0 Å². The van der Waals surface area contributed by atoms with Crippen LogP contribution in [0.2, 0.25) is 5.02 Å². The summed E-state index contributed by atoms with van der Waals surface area (Å²) in [5.41, 5.74) is 6.38. The number of halogens is 1. The van der Waals surface area contributed by atoms with Crippen molar-refractivity contribution >= 4 is 17.5 Å². The van der Waals surface area contributed by atoms with Crippen molar-refractivity contribution in [1.82, 2.24) is 4.90 Å². The molecule has 0 spiro atoms. The van der Waals surface area contributed by atoms with Crippen molar-refractivity contribution in [2.45, 2.75) is 18.9 Å². The fourth-order valence-corrected chi connectivity index (χ4v) is 2.28. The zero-order valence-corrected chi connectivity index (χ0v) is 11.1. The molecule has 98 valence electrons. The molecule has 4 nitrogen and oxygen atoms in total. The average molecular weight is 269 g/mol. The number of amides is 1. The number of hydrogen-bond donors (Lipinski definition) is 1. The number of methoxy groups -OCH3 is 1. The molecule has 0 aliphatic carbocycles. The highest BCUT2D eigenvalue weighted by Gasteiger charge is 2.23. The van der Waals surface area contributed by atoms with Crippen molar-refractivity contribution in [2.75, 3.05) is 20.2 Å². The number of carbonyl (C=O) groups excluding carboxylic acids is 1. The van der Waals surface area contributed by atoms with Gasteiger partial charge in [-0.05, 0) is 31.0 Å². The first kappa shape index (κ1) is 13.2. The van der Waals surface area contributed by atoms with E-state index in [9.17, 15) is 4.79 Å². The summed E-state index contributed by atoms with van der Waals surface area (Å²) in [6.07, 6.45) is 1.70. The van der Waals surface area contributed by atoms with Gasteiger partial charge in [0.1, 0.15) is 5.75 Å². The molecule has 0 aromatic heterocycles. The van der Waals surface area contributed by atoms with Gasteiger partial charge in [0, 0.05) is 24.2 Å². The number of nitrogens with zero attached hydrogens (tertiary/aromatic N) is 1. The van der Waals surface area contributed by atoms with Gasteiger partial charge in [0.05, 0.1) is 12.7 Å². The Morgan fingerprint density at radius 1 is 1.44 bits per heavy atom. The fraction of sp³-hybridized carbons (Fsp3) is 0.462. The zero-order valence-electron chi connectivity index (χ0n) is 10.4. The Labute approximate surface area is 112 Å². The molecule has 1 saturated heterocycles. The monoisotopic (exact) mass is 268 g/mol. The second-order valence-electron chi connectivity index (χ2n) is 4.47. The van der Waals surface area contributed by atoms with Crippen LogP contribution in [0.1, 0.15) is 23.2 Å². The molecular weight excluding hydrogens is 252 g/mol. The molecule has 0 atom stereocenters. The van der Waals surface area contributed by atoms with Gasteiger partial charge < -0.3 is 15.4 Å². The number of nitrogens with two attached hydrogens (primary N) is 1. The van der Waals surface area contributed by atoms with Crippen molar-refractivity contribution < 1.29 is 9.53 Å². The molecule has 2 rings (SSSR count). The van der Waals surface area contributed by atoms with E-state index in [1.807, 2.05) is 4.90 Å². The summed E-state index contributed by atoms with van der Waals surface area (Å²) < 4.78 is 5.20. The summed E-state index contributed by atoms with van der Waals surface area (Å²) in [6, 6.07) is 5.27. The van der Waals surface area contributed by atoms with Gasteiger partial charge in [-0.3, -0.25) is 4.79 Å². The number of ether oxygens (including phenoxy) is 1. The Kier molecular flexibility index (Phi) is 4.09. The summed E-state index contributed by atoms with van der Waals surface area (Å²) in [5.74, 6) is 0.498. The average Bonchev–Trinajstić information content (AvgIpc) is 2.38. The number of piperidine rings is 1. The quantitative estimate of drug-likeness (QED) is 0.891. The molecular formula is C13H17ClN2O2. The first-order chi connectivity index (χ1) is 8.61. The van der Waals surface area contributed by atoms with Crippen LogP contribution < -0.4 is 10.5 Å². The first-order valence-electron chi connectivity index (χ1n) is 6.00. The molecule has 1 aliphatic rings. The van der Waals surface area contributed by atoms with Crippen LogP contribution in [0.4, 0.5) is 0 Å². The van der Waals surface area contributed by atoms with Gasteiger partial charge >= 0.3 is 0 Å². The van der Waals surface area contributed by atoms with Gasteiger partial charge in [0.25, 0.3) is 5.91 Å². The predicted molar refractivity (Wildman–Crippen MR) is 71.1 cm³/mol. The van der Waals surface area contributed by atoms with E-state index in [1.54, 1.807) is 18.2 Å². The van der Waals surface area contributed by atoms with Crippen LogP contribution in [0.15, 0.2) is 18.2 Å². The molecule has 0 unspecified atom stereocenters. The lowest BCUT2D eigenvalue weighted by Crippen LogP contribution is -2.42. The van der Waals surface area contributed by atoms with Crippen molar-refractivity contribution in [3.8, 4) is 5.75 Å². The van der Waals surface area contributed by atoms with Crippen molar-refractivity contribution in [2.24, 2.45) is 5.73 Å². The van der Waals surface area contributed by atoms with Crippen LogP contribution in [0.3, 0.4) is 0 Å². The van der Waals surface area contributed by atoms with E-state index in [-0.39, 0.29) is 11.9 Å². The summed E-state index contributed by atoms with van der Waals surface area (Å²) >= 11 is 5.88. The minimum absolute atomic E-state index is 0.0181. The Balaban J connectivity index is 2.18. The number of benzene rings is 1. The minimum Gasteiger partial charge on any atom is -0.496 e. The van der Waals surface area contributed by atoms with Gasteiger partial charge in [0.2, 0.25) is 0 Å². The summed E-state index contributed by atoms with van der Waals surface area (Å²) in [4.78, 5) is 14.2. The number of hydrogen-bond acceptors (Lipinski definition) is 3. The van der Waals surface area contributed by atoms with E-state index in [4.69, 9.17) is 22.1 Å². The fourth-order valence-electron chi connectivity index (χ4n) is 2.11. The number of carbonyl (C=O) groups is 1. The Morgan fingerprint density at radius 3 is 2.72 bits per heavy atom. The maximum absolute atomic E-state index is 12.4. The van der Waals surface area contributed by atoms with Gasteiger partial charge in [-0.2, -0.15) is 0 Å².